The summed E-state index contributed by atoms with van der Waals surface area (Å²) in [5, 5.41) is 1.95. The first-order valence-electron chi connectivity index (χ1n) is 7.28. The van der Waals surface area contributed by atoms with E-state index < -0.39 is 0 Å². The van der Waals surface area contributed by atoms with Crippen LogP contribution in [0.3, 0.4) is 0 Å². The molecule has 2 heterocycles. The van der Waals surface area contributed by atoms with Crippen LogP contribution in [0, 0.1) is 4.77 Å². The molecule has 21 heavy (non-hydrogen) atoms. The number of nitrogens with one attached hydrogen (secondary N) is 1. The Bertz CT molecular complexity index is 865. The van der Waals surface area contributed by atoms with Crippen molar-refractivity contribution in [1.82, 2.24) is 14.5 Å². The number of rotatable bonds is 2. The highest BCUT2D eigenvalue weighted by Crippen LogP contribution is 2.38. The van der Waals surface area contributed by atoms with E-state index in [4.69, 9.17) is 12.2 Å². The van der Waals surface area contributed by atoms with E-state index in [1.807, 2.05) is 24.0 Å². The molecule has 1 N–H and O–H groups in total. The number of para-hydroxylation sites is 1. The molecule has 1 aliphatic rings. The molecule has 108 valence electrons. The number of thioether (sulfide) groups is 1. The second kappa shape index (κ2) is 5.14. The first-order valence-corrected chi connectivity index (χ1v) is 8.98. The molecule has 1 aliphatic carbocycles. The third kappa shape index (κ3) is 2.10. The first-order chi connectivity index (χ1) is 10.3. The van der Waals surface area contributed by atoms with Gasteiger partial charge in [0, 0.05) is 16.7 Å². The molecular weight excluding hydrogens is 298 g/mol. The molecule has 1 aromatic carbocycles. The van der Waals surface area contributed by atoms with Gasteiger partial charge in [-0.15, -0.1) is 0 Å². The van der Waals surface area contributed by atoms with Crippen LogP contribution in [0.4, 0.5) is 0 Å². The van der Waals surface area contributed by atoms with Gasteiger partial charge < -0.3 is 9.55 Å². The molecule has 5 heteroatoms. The standard InChI is InChI=1S/C16H17N3S2/c1-21-11-7-6-10(8-11)19-15-12-4-2-3-5-13(12)17-9-14(15)18-16(19)20/h2-5,9-11H,6-8H2,1H3,(H,18,20). The Kier molecular flexibility index (Phi) is 3.27. The molecule has 1 saturated carbocycles. The number of fused-ring (bicyclic) bond motifs is 3. The van der Waals surface area contributed by atoms with E-state index in [0.717, 1.165) is 21.1 Å². The van der Waals surface area contributed by atoms with Crippen LogP contribution in [-0.4, -0.2) is 26.0 Å². The van der Waals surface area contributed by atoms with E-state index in [-0.39, 0.29) is 0 Å². The molecule has 2 unspecified atom stereocenters. The molecule has 0 amide bonds. The van der Waals surface area contributed by atoms with Crippen molar-refractivity contribution in [3.63, 3.8) is 0 Å². The van der Waals surface area contributed by atoms with Gasteiger partial charge in [0.15, 0.2) is 4.77 Å². The zero-order chi connectivity index (χ0) is 14.4. The Morgan fingerprint density at radius 3 is 3.00 bits per heavy atom. The van der Waals surface area contributed by atoms with E-state index >= 15 is 0 Å². The van der Waals surface area contributed by atoms with Gasteiger partial charge in [0.25, 0.3) is 0 Å². The molecule has 3 nitrogen and oxygen atoms in total. The predicted molar refractivity (Wildman–Crippen MR) is 92.6 cm³/mol. The zero-order valence-electron chi connectivity index (χ0n) is 11.9. The third-order valence-corrected chi connectivity index (χ3v) is 5.90. The Labute approximate surface area is 132 Å². The minimum absolute atomic E-state index is 0.509. The Balaban J connectivity index is 1.98. The van der Waals surface area contributed by atoms with E-state index in [0.29, 0.717) is 6.04 Å². The highest BCUT2D eigenvalue weighted by molar-refractivity contribution is 7.99. The van der Waals surface area contributed by atoms with Crippen LogP contribution in [0.1, 0.15) is 25.3 Å². The summed E-state index contributed by atoms with van der Waals surface area (Å²) >= 11 is 7.58. The van der Waals surface area contributed by atoms with Crippen molar-refractivity contribution in [2.75, 3.05) is 6.26 Å². The maximum absolute atomic E-state index is 5.60. The van der Waals surface area contributed by atoms with Crippen LogP contribution >= 0.6 is 24.0 Å². The summed E-state index contributed by atoms with van der Waals surface area (Å²) < 4.78 is 3.17. The van der Waals surface area contributed by atoms with Gasteiger partial charge in [0.2, 0.25) is 0 Å². The topological polar surface area (TPSA) is 33.6 Å². The van der Waals surface area contributed by atoms with Crippen molar-refractivity contribution >= 4 is 45.9 Å². The van der Waals surface area contributed by atoms with Gasteiger partial charge in [-0.05, 0) is 43.8 Å². The van der Waals surface area contributed by atoms with E-state index in [1.165, 1.54) is 30.2 Å². The Hall–Kier alpha value is -1.33. The second-order valence-electron chi connectivity index (χ2n) is 5.66. The number of aromatic amines is 1. The van der Waals surface area contributed by atoms with Crippen LogP contribution in [0.5, 0.6) is 0 Å². The Morgan fingerprint density at radius 2 is 2.19 bits per heavy atom. The smallest absolute Gasteiger partial charge is 0.178 e. The summed E-state index contributed by atoms with van der Waals surface area (Å²) in [6.45, 7) is 0. The molecule has 0 aliphatic heterocycles. The lowest BCUT2D eigenvalue weighted by Gasteiger charge is -2.14. The predicted octanol–water partition coefficient (Wildman–Crippen LogP) is 4.70. The van der Waals surface area contributed by atoms with Crippen LogP contribution < -0.4 is 0 Å². The van der Waals surface area contributed by atoms with Crippen molar-refractivity contribution in [2.24, 2.45) is 0 Å². The lowest BCUT2D eigenvalue weighted by Crippen LogP contribution is -2.06. The van der Waals surface area contributed by atoms with Gasteiger partial charge in [0.1, 0.15) is 0 Å². The molecule has 2 aromatic heterocycles. The fraction of sp³-hybridized carbons (Fsp3) is 0.375. The summed E-state index contributed by atoms with van der Waals surface area (Å²) in [7, 11) is 0. The SMILES string of the molecule is CSC1CCC(n2c(=S)[nH]c3cnc4ccccc4c32)C1. The fourth-order valence-electron chi connectivity index (χ4n) is 3.47. The number of hydrogen-bond acceptors (Lipinski definition) is 3. The van der Waals surface area contributed by atoms with Crippen molar-refractivity contribution < 1.29 is 0 Å². The molecule has 2 atom stereocenters. The summed E-state index contributed by atoms with van der Waals surface area (Å²) in [5.41, 5.74) is 3.30. The average molecular weight is 315 g/mol. The van der Waals surface area contributed by atoms with Gasteiger partial charge in [-0.25, -0.2) is 0 Å². The summed E-state index contributed by atoms with van der Waals surface area (Å²) in [6.07, 6.45) is 7.82. The van der Waals surface area contributed by atoms with Crippen LogP contribution in [0.2, 0.25) is 0 Å². The lowest BCUT2D eigenvalue weighted by atomic mass is 10.1. The average Bonchev–Trinajstić information content (AvgIpc) is 3.10. The fourth-order valence-corrected chi connectivity index (χ4v) is 4.61. The van der Waals surface area contributed by atoms with E-state index in [9.17, 15) is 0 Å². The van der Waals surface area contributed by atoms with Crippen LogP contribution in [0.15, 0.2) is 30.5 Å². The molecule has 0 saturated heterocycles. The largest absolute Gasteiger partial charge is 0.329 e. The maximum atomic E-state index is 5.60. The third-order valence-electron chi connectivity index (χ3n) is 4.50. The first kappa shape index (κ1) is 13.3. The summed E-state index contributed by atoms with van der Waals surface area (Å²) in [6, 6.07) is 8.82. The molecule has 4 rings (SSSR count). The number of imidazole rings is 1. The van der Waals surface area contributed by atoms with Gasteiger partial charge in [-0.2, -0.15) is 11.8 Å². The summed E-state index contributed by atoms with van der Waals surface area (Å²) in [4.78, 5) is 7.86. The van der Waals surface area contributed by atoms with Crippen LogP contribution in [0.25, 0.3) is 21.9 Å². The van der Waals surface area contributed by atoms with E-state index in [1.54, 1.807) is 0 Å². The van der Waals surface area contributed by atoms with Crippen molar-refractivity contribution in [1.29, 1.82) is 0 Å². The van der Waals surface area contributed by atoms with Gasteiger partial charge in [-0.1, -0.05) is 18.2 Å². The zero-order valence-corrected chi connectivity index (χ0v) is 13.5. The molecule has 1 fully saturated rings. The number of aromatic nitrogens is 3. The maximum Gasteiger partial charge on any atom is 0.178 e. The number of H-pyrrole nitrogens is 1. The molecule has 0 spiro atoms. The molecular formula is C16H17N3S2. The van der Waals surface area contributed by atoms with Gasteiger partial charge in [-0.3, -0.25) is 4.98 Å². The quantitative estimate of drug-likeness (QED) is 0.696. The minimum atomic E-state index is 0.509. The highest BCUT2D eigenvalue weighted by atomic mass is 32.2. The van der Waals surface area contributed by atoms with Crippen molar-refractivity contribution in [3.8, 4) is 0 Å². The lowest BCUT2D eigenvalue weighted by molar-refractivity contribution is 0.528. The van der Waals surface area contributed by atoms with Gasteiger partial charge >= 0.3 is 0 Å². The molecule has 0 radical (unpaired) electrons. The Morgan fingerprint density at radius 1 is 1.33 bits per heavy atom. The number of benzene rings is 1. The number of nitrogens with zero attached hydrogens (tertiary/aromatic N) is 2. The van der Waals surface area contributed by atoms with Crippen molar-refractivity contribution in [3.05, 3.63) is 35.2 Å². The van der Waals surface area contributed by atoms with Crippen LogP contribution in [-0.2, 0) is 0 Å². The highest BCUT2D eigenvalue weighted by Gasteiger charge is 2.27. The minimum Gasteiger partial charge on any atom is -0.329 e. The van der Waals surface area contributed by atoms with E-state index in [2.05, 4.69) is 39.0 Å². The summed E-state index contributed by atoms with van der Waals surface area (Å²) in [5.74, 6) is 0. The van der Waals surface area contributed by atoms with Gasteiger partial charge in [0.05, 0.1) is 22.7 Å². The number of hydrogen-bond donors (Lipinski definition) is 1. The van der Waals surface area contributed by atoms with Crippen molar-refractivity contribution in [2.45, 2.75) is 30.6 Å². The second-order valence-corrected chi connectivity index (χ2v) is 7.19. The molecule has 3 aromatic rings. The normalized spacial score (nSPS) is 22.3. The molecule has 0 bridgehead atoms. The number of pyridine rings is 1. The monoisotopic (exact) mass is 315 g/mol.